The molecule has 1 aromatic carbocycles. The lowest BCUT2D eigenvalue weighted by atomic mass is 9.90. The molecule has 2 atom stereocenters. The molecule has 1 unspecified atom stereocenters. The van der Waals surface area contributed by atoms with Gasteiger partial charge in [-0.2, -0.15) is 0 Å². The fraction of sp³-hybridized carbons (Fsp3) is 0.696. The molecule has 0 spiro atoms. The number of ether oxygens (including phenoxy) is 1. The van der Waals surface area contributed by atoms with E-state index < -0.39 is 5.60 Å². The number of piperidine rings is 2. The maximum absolute atomic E-state index is 13.1. The number of hydrogen-bond acceptors (Lipinski definition) is 3. The van der Waals surface area contributed by atoms with E-state index in [-0.39, 0.29) is 18.0 Å². The SMILES string of the molecule is CC(C)(C)OC(=O)N1CCCC[C@H]1CN1CCCC(Cc2ccc(F)cc2)C1. The van der Waals surface area contributed by atoms with Crippen molar-refractivity contribution in [3.05, 3.63) is 35.6 Å². The van der Waals surface area contributed by atoms with E-state index in [2.05, 4.69) is 4.90 Å². The second kappa shape index (κ2) is 9.25. The van der Waals surface area contributed by atoms with Crippen LogP contribution in [-0.2, 0) is 11.2 Å². The lowest BCUT2D eigenvalue weighted by Gasteiger charge is -2.41. The standard InChI is InChI=1S/C23H35FN2O2/c1-23(2,3)28-22(27)26-14-5-4-8-21(26)17-25-13-6-7-19(16-25)15-18-9-11-20(24)12-10-18/h9-12,19,21H,4-8,13-17H2,1-3H3/t19?,21-/m0/s1. The van der Waals surface area contributed by atoms with Crippen molar-refractivity contribution < 1.29 is 13.9 Å². The van der Waals surface area contributed by atoms with E-state index in [1.807, 2.05) is 37.8 Å². The largest absolute Gasteiger partial charge is 0.444 e. The van der Waals surface area contributed by atoms with Crippen LogP contribution in [0.1, 0.15) is 58.4 Å². The van der Waals surface area contributed by atoms with Gasteiger partial charge in [-0.3, -0.25) is 0 Å². The van der Waals surface area contributed by atoms with E-state index >= 15 is 0 Å². The molecule has 4 nitrogen and oxygen atoms in total. The molecule has 0 radical (unpaired) electrons. The van der Waals surface area contributed by atoms with Crippen molar-refractivity contribution in [2.45, 2.75) is 70.9 Å². The second-order valence-corrected chi connectivity index (χ2v) is 9.42. The summed E-state index contributed by atoms with van der Waals surface area (Å²) in [5, 5.41) is 0. The van der Waals surface area contributed by atoms with Crippen LogP contribution in [0.15, 0.2) is 24.3 Å². The lowest BCUT2D eigenvalue weighted by molar-refractivity contribution is 0.00299. The van der Waals surface area contributed by atoms with Crippen molar-refractivity contribution in [2.75, 3.05) is 26.2 Å². The van der Waals surface area contributed by atoms with Gasteiger partial charge in [-0.25, -0.2) is 9.18 Å². The minimum absolute atomic E-state index is 0.169. The smallest absolute Gasteiger partial charge is 0.410 e. The van der Waals surface area contributed by atoms with Crippen LogP contribution < -0.4 is 0 Å². The molecular weight excluding hydrogens is 355 g/mol. The van der Waals surface area contributed by atoms with Crippen molar-refractivity contribution in [2.24, 2.45) is 5.92 Å². The van der Waals surface area contributed by atoms with Crippen LogP contribution >= 0.6 is 0 Å². The van der Waals surface area contributed by atoms with Gasteiger partial charge in [-0.1, -0.05) is 12.1 Å². The number of carbonyl (C=O) groups excluding carboxylic acids is 1. The molecule has 0 saturated carbocycles. The molecule has 5 heteroatoms. The summed E-state index contributed by atoms with van der Waals surface area (Å²) in [5.41, 5.74) is 0.756. The fourth-order valence-electron chi connectivity index (χ4n) is 4.49. The summed E-state index contributed by atoms with van der Waals surface area (Å²) in [4.78, 5) is 17.1. The van der Waals surface area contributed by atoms with Gasteiger partial charge < -0.3 is 14.5 Å². The van der Waals surface area contributed by atoms with Crippen molar-refractivity contribution in [1.82, 2.24) is 9.80 Å². The summed E-state index contributed by atoms with van der Waals surface area (Å²) in [7, 11) is 0. The molecule has 0 aromatic heterocycles. The molecule has 3 rings (SSSR count). The van der Waals surface area contributed by atoms with Crippen LogP contribution in [0.5, 0.6) is 0 Å². The Hall–Kier alpha value is -1.62. The summed E-state index contributed by atoms with van der Waals surface area (Å²) in [5.74, 6) is 0.423. The minimum Gasteiger partial charge on any atom is -0.444 e. The first-order valence-corrected chi connectivity index (χ1v) is 10.8. The number of halogens is 1. The Morgan fingerprint density at radius 2 is 1.86 bits per heavy atom. The monoisotopic (exact) mass is 390 g/mol. The summed E-state index contributed by atoms with van der Waals surface area (Å²) in [6.07, 6.45) is 6.52. The number of rotatable bonds is 4. The third-order valence-corrected chi connectivity index (χ3v) is 5.76. The van der Waals surface area contributed by atoms with E-state index in [0.29, 0.717) is 5.92 Å². The Morgan fingerprint density at radius 3 is 2.57 bits per heavy atom. The fourth-order valence-corrected chi connectivity index (χ4v) is 4.49. The molecule has 2 heterocycles. The van der Waals surface area contributed by atoms with Crippen molar-refractivity contribution >= 4 is 6.09 Å². The number of benzene rings is 1. The van der Waals surface area contributed by atoms with E-state index in [1.165, 1.54) is 24.8 Å². The summed E-state index contributed by atoms with van der Waals surface area (Å²) in [6, 6.07) is 7.15. The maximum Gasteiger partial charge on any atom is 0.410 e. The topological polar surface area (TPSA) is 32.8 Å². The highest BCUT2D eigenvalue weighted by Gasteiger charge is 2.32. The number of nitrogens with zero attached hydrogens (tertiary/aromatic N) is 2. The van der Waals surface area contributed by atoms with Crippen LogP contribution in [0, 0.1) is 11.7 Å². The highest BCUT2D eigenvalue weighted by atomic mass is 19.1. The first kappa shape index (κ1) is 21.1. The molecule has 1 aromatic rings. The van der Waals surface area contributed by atoms with Crippen LogP contribution in [-0.4, -0.2) is 53.7 Å². The molecule has 0 aliphatic carbocycles. The van der Waals surface area contributed by atoms with Gasteiger partial charge >= 0.3 is 6.09 Å². The van der Waals surface area contributed by atoms with Gasteiger partial charge in [0.1, 0.15) is 11.4 Å². The van der Waals surface area contributed by atoms with Crippen LogP contribution in [0.2, 0.25) is 0 Å². The Kier molecular flexibility index (Phi) is 6.97. The first-order chi connectivity index (χ1) is 13.3. The van der Waals surface area contributed by atoms with Crippen molar-refractivity contribution in [3.8, 4) is 0 Å². The minimum atomic E-state index is -0.454. The normalized spacial score (nSPS) is 24.2. The van der Waals surface area contributed by atoms with E-state index in [0.717, 1.165) is 45.4 Å². The van der Waals surface area contributed by atoms with Crippen LogP contribution in [0.25, 0.3) is 0 Å². The molecule has 2 aliphatic heterocycles. The zero-order valence-electron chi connectivity index (χ0n) is 17.6. The van der Waals surface area contributed by atoms with Crippen molar-refractivity contribution in [3.63, 3.8) is 0 Å². The van der Waals surface area contributed by atoms with Gasteiger partial charge in [0, 0.05) is 25.7 Å². The van der Waals surface area contributed by atoms with Gasteiger partial charge in [-0.15, -0.1) is 0 Å². The maximum atomic E-state index is 13.1. The second-order valence-electron chi connectivity index (χ2n) is 9.42. The van der Waals surface area contributed by atoms with Gasteiger partial charge in [0.15, 0.2) is 0 Å². The molecule has 1 amide bonds. The molecule has 0 bridgehead atoms. The quantitative estimate of drug-likeness (QED) is 0.735. The zero-order chi connectivity index (χ0) is 20.1. The van der Waals surface area contributed by atoms with Gasteiger partial charge in [0.05, 0.1) is 0 Å². The summed E-state index contributed by atoms with van der Waals surface area (Å²) >= 11 is 0. The van der Waals surface area contributed by atoms with E-state index in [9.17, 15) is 9.18 Å². The van der Waals surface area contributed by atoms with Gasteiger partial charge in [0.25, 0.3) is 0 Å². The Bertz CT molecular complexity index is 641. The summed E-state index contributed by atoms with van der Waals surface area (Å²) < 4.78 is 18.8. The Balaban J connectivity index is 1.56. The number of likely N-dealkylation sites (tertiary alicyclic amines) is 2. The first-order valence-electron chi connectivity index (χ1n) is 10.8. The average Bonchev–Trinajstić information content (AvgIpc) is 2.63. The molecule has 156 valence electrons. The number of carbonyl (C=O) groups is 1. The Labute approximate surface area is 169 Å². The molecular formula is C23H35FN2O2. The lowest BCUT2D eigenvalue weighted by Crippen LogP contribution is -2.52. The number of hydrogen-bond donors (Lipinski definition) is 0. The van der Waals surface area contributed by atoms with Crippen LogP contribution in [0.3, 0.4) is 0 Å². The third kappa shape index (κ3) is 6.20. The highest BCUT2D eigenvalue weighted by Crippen LogP contribution is 2.25. The third-order valence-electron chi connectivity index (χ3n) is 5.76. The predicted molar refractivity (Wildman–Crippen MR) is 110 cm³/mol. The highest BCUT2D eigenvalue weighted by molar-refractivity contribution is 5.68. The zero-order valence-corrected chi connectivity index (χ0v) is 17.6. The number of amides is 1. The molecule has 0 N–H and O–H groups in total. The predicted octanol–water partition coefficient (Wildman–Crippen LogP) is 4.87. The average molecular weight is 391 g/mol. The molecule has 2 fully saturated rings. The van der Waals surface area contributed by atoms with Gasteiger partial charge in [-0.05, 0) is 89.5 Å². The van der Waals surface area contributed by atoms with E-state index in [4.69, 9.17) is 4.74 Å². The van der Waals surface area contributed by atoms with Crippen LogP contribution in [0.4, 0.5) is 9.18 Å². The molecule has 2 aliphatic rings. The van der Waals surface area contributed by atoms with Crippen molar-refractivity contribution in [1.29, 1.82) is 0 Å². The summed E-state index contributed by atoms with van der Waals surface area (Å²) in [6.45, 7) is 9.65. The molecule has 28 heavy (non-hydrogen) atoms. The Morgan fingerprint density at radius 1 is 1.11 bits per heavy atom. The molecule has 2 saturated heterocycles. The van der Waals surface area contributed by atoms with E-state index in [1.54, 1.807) is 12.1 Å². The van der Waals surface area contributed by atoms with Gasteiger partial charge in [0.2, 0.25) is 0 Å².